The first-order valence-corrected chi connectivity index (χ1v) is 9.55. The van der Waals surface area contributed by atoms with Gasteiger partial charge in [-0.15, -0.1) is 0 Å². The molecule has 1 atom stereocenters. The lowest BCUT2D eigenvalue weighted by Gasteiger charge is -2.25. The highest BCUT2D eigenvalue weighted by Gasteiger charge is 2.28. The molecule has 1 unspecified atom stereocenters. The van der Waals surface area contributed by atoms with Crippen LogP contribution in [-0.4, -0.2) is 5.11 Å². The van der Waals surface area contributed by atoms with E-state index in [4.69, 9.17) is 9.47 Å². The fourth-order valence-corrected chi connectivity index (χ4v) is 3.36. The van der Waals surface area contributed by atoms with E-state index in [9.17, 15) is 5.11 Å². The average Bonchev–Trinajstić information content (AvgIpc) is 2.75. The molecule has 0 fully saturated rings. The van der Waals surface area contributed by atoms with Crippen molar-refractivity contribution in [2.24, 2.45) is 0 Å². The molecule has 144 valence electrons. The Morgan fingerprint density at radius 3 is 1.90 bits per heavy atom. The van der Waals surface area contributed by atoms with Crippen LogP contribution in [0, 0.1) is 6.92 Å². The minimum atomic E-state index is -0.372. The van der Waals surface area contributed by atoms with Crippen LogP contribution in [-0.2, 0) is 0 Å². The first kappa shape index (κ1) is 18.6. The average molecular weight is 382 g/mol. The second kappa shape index (κ2) is 8.53. The Labute approximate surface area is 170 Å². The number of para-hydroxylation sites is 2. The lowest BCUT2D eigenvalue weighted by Crippen LogP contribution is -2.16. The molecule has 0 saturated heterocycles. The van der Waals surface area contributed by atoms with Crippen LogP contribution in [0.15, 0.2) is 120 Å². The molecule has 1 aliphatic carbocycles. The first-order chi connectivity index (χ1) is 14.2. The molecule has 4 rings (SSSR count). The lowest BCUT2D eigenvalue weighted by atomic mass is 9.84. The van der Waals surface area contributed by atoms with E-state index in [1.807, 2.05) is 104 Å². The van der Waals surface area contributed by atoms with Gasteiger partial charge in [0.15, 0.2) is 0 Å². The van der Waals surface area contributed by atoms with Crippen LogP contribution < -0.4 is 9.47 Å². The van der Waals surface area contributed by atoms with Gasteiger partial charge in [0.05, 0.1) is 5.92 Å². The summed E-state index contributed by atoms with van der Waals surface area (Å²) in [6, 6.07) is 27.0. The third-order valence-electron chi connectivity index (χ3n) is 4.79. The van der Waals surface area contributed by atoms with Crippen molar-refractivity contribution in [1.82, 2.24) is 0 Å². The molecule has 1 aliphatic rings. The van der Waals surface area contributed by atoms with Crippen molar-refractivity contribution >= 4 is 0 Å². The van der Waals surface area contributed by atoms with E-state index in [2.05, 4.69) is 0 Å². The molecular weight excluding hydrogens is 360 g/mol. The maximum Gasteiger partial charge on any atom is 0.294 e. The maximum atomic E-state index is 10.8. The predicted octanol–water partition coefficient (Wildman–Crippen LogP) is 6.46. The number of hydrogen-bond acceptors (Lipinski definition) is 3. The molecule has 0 spiro atoms. The summed E-state index contributed by atoms with van der Waals surface area (Å²) >= 11 is 0. The summed E-state index contributed by atoms with van der Waals surface area (Å²) in [5, 5.41) is 10.8. The second-order valence-electron chi connectivity index (χ2n) is 6.81. The summed E-state index contributed by atoms with van der Waals surface area (Å²) in [5.41, 5.74) is 2.85. The van der Waals surface area contributed by atoms with Crippen LogP contribution in [0.4, 0.5) is 0 Å². The van der Waals surface area contributed by atoms with E-state index in [0.29, 0.717) is 17.4 Å². The Balaban J connectivity index is 1.83. The largest absolute Gasteiger partial charge is 0.511 e. The van der Waals surface area contributed by atoms with Gasteiger partial charge in [-0.25, -0.2) is 0 Å². The van der Waals surface area contributed by atoms with Crippen LogP contribution in [0.1, 0.15) is 17.0 Å². The van der Waals surface area contributed by atoms with Crippen LogP contribution in [0.25, 0.3) is 0 Å². The normalized spacial score (nSPS) is 15.6. The van der Waals surface area contributed by atoms with Crippen molar-refractivity contribution in [1.29, 1.82) is 0 Å². The van der Waals surface area contributed by atoms with Crippen molar-refractivity contribution in [2.45, 2.75) is 12.8 Å². The van der Waals surface area contributed by atoms with Gasteiger partial charge in [0.2, 0.25) is 0 Å². The van der Waals surface area contributed by atoms with E-state index in [1.165, 1.54) is 0 Å². The SMILES string of the molecule is Cc1ccccc1C1C(O)=CC=CC1=C(Oc1ccccc1)Oc1ccccc1. The number of aliphatic hydroxyl groups is 1. The number of rotatable bonds is 5. The van der Waals surface area contributed by atoms with Gasteiger partial charge in [0, 0.05) is 5.57 Å². The summed E-state index contributed by atoms with van der Waals surface area (Å²) in [6.45, 7) is 2.04. The van der Waals surface area contributed by atoms with Crippen LogP contribution >= 0.6 is 0 Å². The molecule has 0 bridgehead atoms. The summed E-state index contributed by atoms with van der Waals surface area (Å²) < 4.78 is 12.3. The fourth-order valence-electron chi connectivity index (χ4n) is 3.36. The molecule has 0 heterocycles. The fraction of sp³-hybridized carbons (Fsp3) is 0.0769. The standard InChI is InChI=1S/C26H22O3/c1-19-11-8-9-16-22(19)25-23(17-10-18-24(25)27)26(28-20-12-4-2-5-13-20)29-21-14-6-3-7-15-21/h2-18,25,27H,1H3. The van der Waals surface area contributed by atoms with Gasteiger partial charge in [-0.3, -0.25) is 0 Å². The number of hydrogen-bond donors (Lipinski definition) is 1. The van der Waals surface area contributed by atoms with E-state index in [1.54, 1.807) is 6.08 Å². The van der Waals surface area contributed by atoms with Gasteiger partial charge < -0.3 is 14.6 Å². The van der Waals surface area contributed by atoms with E-state index in [0.717, 1.165) is 16.7 Å². The van der Waals surface area contributed by atoms with E-state index >= 15 is 0 Å². The monoisotopic (exact) mass is 382 g/mol. The topological polar surface area (TPSA) is 38.7 Å². The van der Waals surface area contributed by atoms with Gasteiger partial charge in [-0.2, -0.15) is 0 Å². The minimum absolute atomic E-state index is 0.252. The quantitative estimate of drug-likeness (QED) is 0.515. The highest BCUT2D eigenvalue weighted by Crippen LogP contribution is 2.38. The molecule has 3 aromatic rings. The Bertz CT molecular complexity index is 1020. The van der Waals surface area contributed by atoms with Gasteiger partial charge >= 0.3 is 0 Å². The Hall–Kier alpha value is -3.72. The Kier molecular flexibility index (Phi) is 5.48. The van der Waals surface area contributed by atoms with Crippen LogP contribution in [0.3, 0.4) is 0 Å². The predicted molar refractivity (Wildman–Crippen MR) is 115 cm³/mol. The zero-order valence-electron chi connectivity index (χ0n) is 16.2. The number of ether oxygens (including phenoxy) is 2. The maximum absolute atomic E-state index is 10.8. The summed E-state index contributed by atoms with van der Waals surface area (Å²) in [7, 11) is 0. The number of aliphatic hydroxyl groups excluding tert-OH is 1. The molecule has 0 aromatic heterocycles. The molecule has 3 heteroatoms. The highest BCUT2D eigenvalue weighted by atomic mass is 16.7. The number of aryl methyl sites for hydroxylation is 1. The van der Waals surface area contributed by atoms with Gasteiger partial charge in [-0.05, 0) is 48.4 Å². The van der Waals surface area contributed by atoms with Crippen molar-refractivity contribution in [3.05, 3.63) is 132 Å². The third-order valence-corrected chi connectivity index (χ3v) is 4.79. The van der Waals surface area contributed by atoms with Crippen LogP contribution in [0.2, 0.25) is 0 Å². The van der Waals surface area contributed by atoms with E-state index in [-0.39, 0.29) is 11.7 Å². The molecule has 29 heavy (non-hydrogen) atoms. The van der Waals surface area contributed by atoms with E-state index < -0.39 is 0 Å². The zero-order valence-corrected chi connectivity index (χ0v) is 16.2. The van der Waals surface area contributed by atoms with Gasteiger partial charge in [-0.1, -0.05) is 72.8 Å². The third kappa shape index (κ3) is 4.25. The minimum Gasteiger partial charge on any atom is -0.511 e. The molecule has 0 radical (unpaired) electrons. The molecule has 0 saturated carbocycles. The molecule has 3 aromatic carbocycles. The number of benzene rings is 3. The first-order valence-electron chi connectivity index (χ1n) is 9.55. The summed E-state index contributed by atoms with van der Waals surface area (Å²) in [4.78, 5) is 0. The molecule has 1 N–H and O–H groups in total. The molecule has 3 nitrogen and oxygen atoms in total. The second-order valence-corrected chi connectivity index (χ2v) is 6.81. The van der Waals surface area contributed by atoms with Crippen molar-refractivity contribution in [2.75, 3.05) is 0 Å². The zero-order chi connectivity index (χ0) is 20.1. The van der Waals surface area contributed by atoms with Gasteiger partial charge in [0.1, 0.15) is 17.3 Å². The molecule has 0 amide bonds. The molecule has 0 aliphatic heterocycles. The Morgan fingerprint density at radius 2 is 1.31 bits per heavy atom. The lowest BCUT2D eigenvalue weighted by molar-refractivity contribution is 0.217. The number of allylic oxidation sites excluding steroid dienone is 4. The molecular formula is C26H22O3. The van der Waals surface area contributed by atoms with Gasteiger partial charge in [0.25, 0.3) is 5.95 Å². The Morgan fingerprint density at radius 1 is 0.759 bits per heavy atom. The highest BCUT2D eigenvalue weighted by molar-refractivity contribution is 5.49. The summed E-state index contributed by atoms with van der Waals surface area (Å²) in [5.74, 6) is 1.55. The van der Waals surface area contributed by atoms with Crippen molar-refractivity contribution in [3.63, 3.8) is 0 Å². The smallest absolute Gasteiger partial charge is 0.294 e. The van der Waals surface area contributed by atoms with Crippen molar-refractivity contribution < 1.29 is 14.6 Å². The summed E-state index contributed by atoms with van der Waals surface area (Å²) in [6.07, 6.45) is 5.45. The van der Waals surface area contributed by atoms with Crippen molar-refractivity contribution in [3.8, 4) is 11.5 Å². The van der Waals surface area contributed by atoms with Crippen LogP contribution in [0.5, 0.6) is 11.5 Å².